The van der Waals surface area contributed by atoms with Crippen molar-refractivity contribution in [2.24, 2.45) is 5.92 Å². The summed E-state index contributed by atoms with van der Waals surface area (Å²) in [6.45, 7) is 2.14. The number of aliphatic hydroxyl groups is 2. The van der Waals surface area contributed by atoms with Gasteiger partial charge in [0.15, 0.2) is 0 Å². The number of hydrogen-bond donors (Lipinski definition) is 2. The Labute approximate surface area is 70.6 Å². The Hall–Kier alpha value is -0.940. The maximum absolute atomic E-state index is 9.21. The Balaban J connectivity index is 2.41. The van der Waals surface area contributed by atoms with Crippen LogP contribution in [0.5, 0.6) is 0 Å². The van der Waals surface area contributed by atoms with Crippen LogP contribution in [0.2, 0.25) is 0 Å². The lowest BCUT2D eigenvalue weighted by atomic mass is 10.1. The first kappa shape index (κ1) is 9.15. The lowest BCUT2D eigenvalue weighted by Gasteiger charge is -2.15. The quantitative estimate of drug-likeness (QED) is 0.626. The summed E-state index contributed by atoms with van der Waals surface area (Å²) in [6, 6.07) is 0. The van der Waals surface area contributed by atoms with Crippen molar-refractivity contribution in [3.05, 3.63) is 12.4 Å². The summed E-state index contributed by atoms with van der Waals surface area (Å²) in [6.07, 6.45) is 2.46. The van der Waals surface area contributed by atoms with Gasteiger partial charge < -0.3 is 10.2 Å². The summed E-state index contributed by atoms with van der Waals surface area (Å²) in [5, 5.41) is 25.6. The van der Waals surface area contributed by atoms with Crippen LogP contribution in [0.25, 0.3) is 0 Å². The summed E-state index contributed by atoms with van der Waals surface area (Å²) >= 11 is 0. The van der Waals surface area contributed by atoms with Crippen molar-refractivity contribution in [3.63, 3.8) is 0 Å². The molecule has 5 nitrogen and oxygen atoms in total. The van der Waals surface area contributed by atoms with E-state index in [2.05, 4.69) is 10.2 Å². The predicted octanol–water partition coefficient (Wildman–Crippen LogP) is -0.733. The molecule has 5 heteroatoms. The molecule has 2 N–H and O–H groups in total. The van der Waals surface area contributed by atoms with E-state index >= 15 is 0 Å². The molecular formula is C7H13N3O2. The molecule has 0 aliphatic carbocycles. The monoisotopic (exact) mass is 171 g/mol. The molecule has 12 heavy (non-hydrogen) atoms. The Morgan fingerprint density at radius 2 is 2.00 bits per heavy atom. The fraction of sp³-hybridized carbons (Fsp3) is 0.714. The first-order valence-electron chi connectivity index (χ1n) is 3.87. The molecule has 0 bridgehead atoms. The Kier molecular flexibility index (Phi) is 3.19. The van der Waals surface area contributed by atoms with E-state index in [1.165, 1.54) is 4.80 Å². The summed E-state index contributed by atoms with van der Waals surface area (Å²) in [5.41, 5.74) is 0. The molecule has 68 valence electrons. The van der Waals surface area contributed by atoms with Gasteiger partial charge in [-0.2, -0.15) is 15.0 Å². The number of rotatable bonds is 4. The Morgan fingerprint density at radius 3 is 2.50 bits per heavy atom. The van der Waals surface area contributed by atoms with Crippen molar-refractivity contribution in [1.29, 1.82) is 0 Å². The second kappa shape index (κ2) is 4.18. The van der Waals surface area contributed by atoms with Crippen LogP contribution in [0, 0.1) is 5.92 Å². The van der Waals surface area contributed by atoms with Gasteiger partial charge in [-0.3, -0.25) is 0 Å². The van der Waals surface area contributed by atoms with E-state index in [0.717, 1.165) is 0 Å². The fourth-order valence-corrected chi connectivity index (χ4v) is 0.897. The largest absolute Gasteiger partial charge is 0.394 e. The van der Waals surface area contributed by atoms with E-state index < -0.39 is 6.10 Å². The zero-order valence-electron chi connectivity index (χ0n) is 6.96. The minimum Gasteiger partial charge on any atom is -0.394 e. The van der Waals surface area contributed by atoms with Crippen molar-refractivity contribution in [2.75, 3.05) is 6.61 Å². The molecule has 1 aromatic heterocycles. The van der Waals surface area contributed by atoms with Gasteiger partial charge in [-0.15, -0.1) is 0 Å². The third-order valence-electron chi connectivity index (χ3n) is 1.76. The van der Waals surface area contributed by atoms with Crippen LogP contribution in [0.4, 0.5) is 0 Å². The van der Waals surface area contributed by atoms with Gasteiger partial charge in [0.1, 0.15) is 0 Å². The summed E-state index contributed by atoms with van der Waals surface area (Å²) in [4.78, 5) is 1.49. The standard InChI is InChI=1S/C7H13N3O2/c1-6(7(12)5-11)4-10-8-2-3-9-10/h2-3,6-7,11-12H,4-5H2,1H3/t6-,7-/m1/s1. The molecule has 0 amide bonds. The molecule has 2 atom stereocenters. The number of nitrogens with zero attached hydrogens (tertiary/aromatic N) is 3. The highest BCUT2D eigenvalue weighted by atomic mass is 16.3. The third-order valence-corrected chi connectivity index (χ3v) is 1.76. The smallest absolute Gasteiger partial charge is 0.0814 e. The molecule has 0 spiro atoms. The number of aliphatic hydroxyl groups excluding tert-OH is 2. The third kappa shape index (κ3) is 2.28. The van der Waals surface area contributed by atoms with E-state index in [0.29, 0.717) is 6.54 Å². The number of aromatic nitrogens is 3. The molecule has 1 aromatic rings. The van der Waals surface area contributed by atoms with E-state index in [4.69, 9.17) is 5.11 Å². The van der Waals surface area contributed by atoms with Crippen LogP contribution < -0.4 is 0 Å². The topological polar surface area (TPSA) is 71.2 Å². The highest BCUT2D eigenvalue weighted by Gasteiger charge is 2.13. The van der Waals surface area contributed by atoms with Crippen molar-refractivity contribution >= 4 is 0 Å². The van der Waals surface area contributed by atoms with Crippen molar-refractivity contribution in [2.45, 2.75) is 19.6 Å². The lowest BCUT2D eigenvalue weighted by Crippen LogP contribution is -2.26. The molecule has 0 aliphatic rings. The highest BCUT2D eigenvalue weighted by Crippen LogP contribution is 2.03. The van der Waals surface area contributed by atoms with Gasteiger partial charge in [-0.1, -0.05) is 6.92 Å². The molecule has 0 aliphatic heterocycles. The van der Waals surface area contributed by atoms with Gasteiger partial charge in [0, 0.05) is 5.92 Å². The second-order valence-corrected chi connectivity index (χ2v) is 2.81. The second-order valence-electron chi connectivity index (χ2n) is 2.81. The molecule has 0 aromatic carbocycles. The maximum Gasteiger partial charge on any atom is 0.0814 e. The van der Waals surface area contributed by atoms with E-state index in [1.54, 1.807) is 12.4 Å². The highest BCUT2D eigenvalue weighted by molar-refractivity contribution is 4.65. The van der Waals surface area contributed by atoms with Crippen LogP contribution in [0.15, 0.2) is 12.4 Å². The van der Waals surface area contributed by atoms with Crippen LogP contribution >= 0.6 is 0 Å². The average Bonchev–Trinajstić information content (AvgIpc) is 2.55. The first-order chi connectivity index (χ1) is 5.74. The SMILES string of the molecule is C[C@H](Cn1nccn1)[C@H](O)CO. The van der Waals surface area contributed by atoms with Crippen molar-refractivity contribution in [3.8, 4) is 0 Å². The van der Waals surface area contributed by atoms with Gasteiger partial charge in [0.2, 0.25) is 0 Å². The maximum atomic E-state index is 9.21. The Morgan fingerprint density at radius 1 is 1.42 bits per heavy atom. The fourth-order valence-electron chi connectivity index (χ4n) is 0.897. The molecule has 0 unspecified atom stereocenters. The van der Waals surface area contributed by atoms with Gasteiger partial charge in [0.25, 0.3) is 0 Å². The molecular weight excluding hydrogens is 158 g/mol. The molecule has 0 radical (unpaired) electrons. The van der Waals surface area contributed by atoms with E-state index in [9.17, 15) is 5.11 Å². The molecule has 1 heterocycles. The number of hydrogen-bond acceptors (Lipinski definition) is 4. The molecule has 0 saturated heterocycles. The normalized spacial score (nSPS) is 15.9. The van der Waals surface area contributed by atoms with Crippen LogP contribution in [-0.4, -0.2) is 37.9 Å². The summed E-state index contributed by atoms with van der Waals surface area (Å²) in [7, 11) is 0. The Bertz CT molecular complexity index is 212. The predicted molar refractivity (Wildman–Crippen MR) is 42.3 cm³/mol. The molecule has 1 rings (SSSR count). The van der Waals surface area contributed by atoms with Crippen LogP contribution in [0.1, 0.15) is 6.92 Å². The summed E-state index contributed by atoms with van der Waals surface area (Å²) in [5.74, 6) is -0.0394. The first-order valence-corrected chi connectivity index (χ1v) is 3.87. The molecule has 0 fully saturated rings. The van der Waals surface area contributed by atoms with Crippen molar-refractivity contribution < 1.29 is 10.2 Å². The minimum atomic E-state index is -0.698. The van der Waals surface area contributed by atoms with Crippen molar-refractivity contribution in [1.82, 2.24) is 15.0 Å². The molecule has 0 saturated carbocycles. The van der Waals surface area contributed by atoms with E-state index in [-0.39, 0.29) is 12.5 Å². The lowest BCUT2D eigenvalue weighted by molar-refractivity contribution is 0.0444. The van der Waals surface area contributed by atoms with Crippen LogP contribution in [-0.2, 0) is 6.54 Å². The van der Waals surface area contributed by atoms with E-state index in [1.807, 2.05) is 6.92 Å². The zero-order valence-corrected chi connectivity index (χ0v) is 6.96. The van der Waals surface area contributed by atoms with Crippen LogP contribution in [0.3, 0.4) is 0 Å². The average molecular weight is 171 g/mol. The van der Waals surface area contributed by atoms with Gasteiger partial charge in [-0.05, 0) is 0 Å². The zero-order chi connectivity index (χ0) is 8.97. The van der Waals surface area contributed by atoms with Gasteiger partial charge in [0.05, 0.1) is 31.6 Å². The summed E-state index contributed by atoms with van der Waals surface area (Å²) < 4.78 is 0. The van der Waals surface area contributed by atoms with Gasteiger partial charge >= 0.3 is 0 Å². The van der Waals surface area contributed by atoms with Gasteiger partial charge in [-0.25, -0.2) is 0 Å². The minimum absolute atomic E-state index is 0.0394.